The summed E-state index contributed by atoms with van der Waals surface area (Å²) < 4.78 is 35.7. The predicted octanol–water partition coefficient (Wildman–Crippen LogP) is -0.0842. The minimum Gasteiger partial charge on any atom is -0.459 e. The molecule has 1 N–H and O–H groups in total. The fourth-order valence-electron chi connectivity index (χ4n) is 2.99. The summed E-state index contributed by atoms with van der Waals surface area (Å²) in [5.74, 6) is 0.436. The van der Waals surface area contributed by atoms with Crippen LogP contribution in [-0.4, -0.2) is 57.8 Å². The minimum atomic E-state index is -3.21. The van der Waals surface area contributed by atoms with Crippen molar-refractivity contribution < 1.29 is 22.4 Å². The van der Waals surface area contributed by atoms with E-state index < -0.39 is 10.0 Å². The first-order valence-corrected chi connectivity index (χ1v) is 8.72. The molecule has 3 rings (SSSR count). The maximum atomic E-state index is 12.2. The molecule has 116 valence electrons. The quantitative estimate of drug-likeness (QED) is 0.839. The summed E-state index contributed by atoms with van der Waals surface area (Å²) in [6.07, 6.45) is 2.59. The zero-order chi connectivity index (χ0) is 15.0. The lowest BCUT2D eigenvalue weighted by atomic mass is 9.93. The van der Waals surface area contributed by atoms with Crippen molar-refractivity contribution in [1.29, 1.82) is 0 Å². The number of rotatable bonds is 4. The van der Waals surface area contributed by atoms with Crippen molar-refractivity contribution in [2.75, 3.05) is 32.5 Å². The second-order valence-electron chi connectivity index (χ2n) is 5.60. The number of likely N-dealkylation sites (tertiary alicyclic amines) is 1. The predicted molar refractivity (Wildman–Crippen MR) is 74.2 cm³/mol. The van der Waals surface area contributed by atoms with E-state index in [1.54, 1.807) is 17.0 Å². The van der Waals surface area contributed by atoms with Crippen LogP contribution in [0.5, 0.6) is 0 Å². The third-order valence-corrected chi connectivity index (χ3v) is 4.76. The van der Waals surface area contributed by atoms with Crippen LogP contribution in [0.15, 0.2) is 22.8 Å². The van der Waals surface area contributed by atoms with Crippen LogP contribution in [0.25, 0.3) is 0 Å². The van der Waals surface area contributed by atoms with Gasteiger partial charge >= 0.3 is 0 Å². The molecule has 0 saturated carbocycles. The van der Waals surface area contributed by atoms with Crippen molar-refractivity contribution in [3.05, 3.63) is 24.2 Å². The van der Waals surface area contributed by atoms with E-state index in [0.717, 1.165) is 6.26 Å². The molecule has 1 amide bonds. The standard InChI is InChI=1S/C13H18N2O5S/c1-21(17,18)14-5-9-8-20-12-7-15(6-10(9)12)13(16)11-3-2-4-19-11/h2-4,9-10,12,14H,5-8H2,1H3/t9-,10+,12+/m1/s1. The number of fused-ring (bicyclic) bond motifs is 1. The van der Waals surface area contributed by atoms with Gasteiger partial charge in [-0.05, 0) is 12.1 Å². The molecule has 0 aromatic carbocycles. The van der Waals surface area contributed by atoms with E-state index in [2.05, 4.69) is 4.72 Å². The molecule has 7 nitrogen and oxygen atoms in total. The first-order chi connectivity index (χ1) is 9.94. The molecule has 2 fully saturated rings. The number of amides is 1. The lowest BCUT2D eigenvalue weighted by Gasteiger charge is -2.19. The fourth-order valence-corrected chi connectivity index (χ4v) is 3.51. The first-order valence-electron chi connectivity index (χ1n) is 6.83. The van der Waals surface area contributed by atoms with Crippen LogP contribution in [0, 0.1) is 11.8 Å². The van der Waals surface area contributed by atoms with Gasteiger partial charge in [0.15, 0.2) is 5.76 Å². The normalized spacial score (nSPS) is 28.8. The summed E-state index contributed by atoms with van der Waals surface area (Å²) in [5, 5.41) is 0. The molecule has 3 heterocycles. The van der Waals surface area contributed by atoms with Crippen LogP contribution in [0.3, 0.4) is 0 Å². The minimum absolute atomic E-state index is 0.0183. The lowest BCUT2D eigenvalue weighted by molar-refractivity contribution is 0.0652. The molecular weight excluding hydrogens is 296 g/mol. The highest BCUT2D eigenvalue weighted by Gasteiger charge is 2.45. The zero-order valence-electron chi connectivity index (χ0n) is 11.7. The molecule has 1 aromatic heterocycles. The molecule has 0 unspecified atom stereocenters. The van der Waals surface area contributed by atoms with Gasteiger partial charge in [-0.1, -0.05) is 0 Å². The highest BCUT2D eigenvalue weighted by molar-refractivity contribution is 7.88. The number of nitrogens with one attached hydrogen (secondary N) is 1. The van der Waals surface area contributed by atoms with Gasteiger partial charge in [-0.25, -0.2) is 13.1 Å². The maximum Gasteiger partial charge on any atom is 0.289 e. The van der Waals surface area contributed by atoms with Gasteiger partial charge in [0.1, 0.15) is 0 Å². The molecule has 0 bridgehead atoms. The molecule has 2 aliphatic rings. The van der Waals surface area contributed by atoms with Crippen molar-refractivity contribution in [1.82, 2.24) is 9.62 Å². The third-order valence-electron chi connectivity index (χ3n) is 4.07. The molecule has 1 aromatic rings. The SMILES string of the molecule is CS(=O)(=O)NC[C@@H]1CO[C@H]2CN(C(=O)c3ccco3)C[C@@H]12. The Balaban J connectivity index is 1.62. The highest BCUT2D eigenvalue weighted by atomic mass is 32.2. The van der Waals surface area contributed by atoms with Gasteiger partial charge in [0.05, 0.1) is 25.2 Å². The first kappa shape index (κ1) is 14.6. The van der Waals surface area contributed by atoms with Gasteiger partial charge in [0.2, 0.25) is 10.0 Å². The number of hydrogen-bond donors (Lipinski definition) is 1. The number of ether oxygens (including phenoxy) is 1. The van der Waals surface area contributed by atoms with Crippen LogP contribution in [0.2, 0.25) is 0 Å². The van der Waals surface area contributed by atoms with E-state index >= 15 is 0 Å². The van der Waals surface area contributed by atoms with Crippen LogP contribution < -0.4 is 4.72 Å². The average Bonchev–Trinajstić information content (AvgIpc) is 3.11. The Labute approximate surface area is 123 Å². The Morgan fingerprint density at radius 3 is 2.95 bits per heavy atom. The molecule has 21 heavy (non-hydrogen) atoms. The smallest absolute Gasteiger partial charge is 0.289 e. The van der Waals surface area contributed by atoms with Crippen LogP contribution in [0.1, 0.15) is 10.6 Å². The van der Waals surface area contributed by atoms with Gasteiger partial charge in [0.25, 0.3) is 5.91 Å². The van der Waals surface area contributed by atoms with Crippen molar-refractivity contribution in [3.8, 4) is 0 Å². The summed E-state index contributed by atoms with van der Waals surface area (Å²) in [4.78, 5) is 13.9. The van der Waals surface area contributed by atoms with Gasteiger partial charge < -0.3 is 14.1 Å². The molecule has 0 aliphatic carbocycles. The summed E-state index contributed by atoms with van der Waals surface area (Å²) in [5.41, 5.74) is 0. The summed E-state index contributed by atoms with van der Waals surface area (Å²) in [7, 11) is -3.21. The molecule has 2 saturated heterocycles. The number of carbonyl (C=O) groups excluding carboxylic acids is 1. The topological polar surface area (TPSA) is 88.9 Å². The molecule has 0 spiro atoms. The molecular formula is C13H18N2O5S. The van der Waals surface area contributed by atoms with Gasteiger partial charge in [-0.2, -0.15) is 0 Å². The zero-order valence-corrected chi connectivity index (χ0v) is 12.5. The molecule has 3 atom stereocenters. The van der Waals surface area contributed by atoms with Gasteiger partial charge in [-0.3, -0.25) is 4.79 Å². The van der Waals surface area contributed by atoms with Crippen molar-refractivity contribution in [2.45, 2.75) is 6.10 Å². The van der Waals surface area contributed by atoms with E-state index in [-0.39, 0.29) is 23.8 Å². The van der Waals surface area contributed by atoms with Crippen molar-refractivity contribution >= 4 is 15.9 Å². The monoisotopic (exact) mass is 314 g/mol. The Morgan fingerprint density at radius 2 is 2.29 bits per heavy atom. The van der Waals surface area contributed by atoms with Crippen molar-refractivity contribution in [3.63, 3.8) is 0 Å². The van der Waals surface area contributed by atoms with E-state index in [0.29, 0.717) is 32.0 Å². The van der Waals surface area contributed by atoms with Crippen LogP contribution in [0.4, 0.5) is 0 Å². The van der Waals surface area contributed by atoms with E-state index in [4.69, 9.17) is 9.15 Å². The number of carbonyl (C=O) groups is 1. The van der Waals surface area contributed by atoms with Gasteiger partial charge in [-0.15, -0.1) is 0 Å². The molecule has 2 aliphatic heterocycles. The molecule has 0 radical (unpaired) electrons. The number of hydrogen-bond acceptors (Lipinski definition) is 5. The van der Waals surface area contributed by atoms with E-state index in [1.807, 2.05) is 0 Å². The van der Waals surface area contributed by atoms with E-state index in [9.17, 15) is 13.2 Å². The second kappa shape index (κ2) is 5.43. The Bertz CT molecular complexity index is 613. The largest absolute Gasteiger partial charge is 0.459 e. The summed E-state index contributed by atoms with van der Waals surface area (Å²) in [6, 6.07) is 3.32. The Hall–Kier alpha value is -1.38. The van der Waals surface area contributed by atoms with Crippen molar-refractivity contribution in [2.24, 2.45) is 11.8 Å². The van der Waals surface area contributed by atoms with Gasteiger partial charge in [0, 0.05) is 31.5 Å². The molecule has 8 heteroatoms. The number of furan rings is 1. The lowest BCUT2D eigenvalue weighted by Crippen LogP contribution is -2.34. The second-order valence-corrected chi connectivity index (χ2v) is 7.44. The fraction of sp³-hybridized carbons (Fsp3) is 0.615. The third kappa shape index (κ3) is 3.12. The van der Waals surface area contributed by atoms with Crippen LogP contribution in [-0.2, 0) is 14.8 Å². The Morgan fingerprint density at radius 1 is 1.48 bits per heavy atom. The average molecular weight is 314 g/mol. The van der Waals surface area contributed by atoms with Crippen LogP contribution >= 0.6 is 0 Å². The van der Waals surface area contributed by atoms with E-state index in [1.165, 1.54) is 6.26 Å². The Kier molecular flexibility index (Phi) is 3.76. The summed E-state index contributed by atoms with van der Waals surface area (Å²) in [6.45, 7) is 1.98. The highest BCUT2D eigenvalue weighted by Crippen LogP contribution is 2.34. The summed E-state index contributed by atoms with van der Waals surface area (Å²) >= 11 is 0. The number of sulfonamides is 1. The maximum absolute atomic E-state index is 12.2. The number of nitrogens with zero attached hydrogens (tertiary/aromatic N) is 1.